The molecule has 1 fully saturated rings. The number of ether oxygens (including phenoxy) is 1. The Kier molecular flexibility index (Phi) is 6.84. The summed E-state index contributed by atoms with van der Waals surface area (Å²) in [6.07, 6.45) is 2.15. The van der Waals surface area contributed by atoms with Gasteiger partial charge < -0.3 is 24.1 Å². The number of nitrogens with zero attached hydrogens (tertiary/aromatic N) is 1. The van der Waals surface area contributed by atoms with Crippen molar-refractivity contribution in [1.29, 1.82) is 0 Å². The number of rotatable bonds is 8. The van der Waals surface area contributed by atoms with Crippen molar-refractivity contribution in [2.75, 3.05) is 33.8 Å². The SMILES string of the molecule is CCOc1ccc(/C([O-])=C2\C(=O)C(=O)N(CCC[NH+](C)C)C2c2ccco2)cc1Cl. The molecule has 1 amide bonds. The Balaban J connectivity index is 2.03. The molecule has 1 saturated heterocycles. The van der Waals surface area contributed by atoms with E-state index in [-0.39, 0.29) is 16.2 Å². The van der Waals surface area contributed by atoms with Gasteiger partial charge >= 0.3 is 0 Å². The second-order valence-electron chi connectivity index (χ2n) is 7.38. The number of quaternary nitrogens is 1. The van der Waals surface area contributed by atoms with Crippen molar-refractivity contribution >= 4 is 29.1 Å². The van der Waals surface area contributed by atoms with Gasteiger partial charge in [-0.2, -0.15) is 0 Å². The molecule has 2 heterocycles. The fourth-order valence-corrected chi connectivity index (χ4v) is 3.75. The summed E-state index contributed by atoms with van der Waals surface area (Å²) in [4.78, 5) is 28.2. The molecule has 0 radical (unpaired) electrons. The van der Waals surface area contributed by atoms with Gasteiger partial charge in [0.25, 0.3) is 5.91 Å². The zero-order valence-electron chi connectivity index (χ0n) is 17.2. The topological polar surface area (TPSA) is 87.2 Å². The Hall–Kier alpha value is -2.77. The van der Waals surface area contributed by atoms with Crippen LogP contribution >= 0.6 is 11.6 Å². The number of benzene rings is 1. The minimum atomic E-state index is -0.852. The predicted molar refractivity (Wildman–Crippen MR) is 110 cm³/mol. The number of amides is 1. The minimum Gasteiger partial charge on any atom is -0.872 e. The monoisotopic (exact) mass is 432 g/mol. The zero-order valence-corrected chi connectivity index (χ0v) is 18.0. The van der Waals surface area contributed by atoms with Crippen LogP contribution in [0.4, 0.5) is 0 Å². The van der Waals surface area contributed by atoms with Crippen LogP contribution in [0.2, 0.25) is 5.02 Å². The van der Waals surface area contributed by atoms with Crippen LogP contribution in [0.5, 0.6) is 5.75 Å². The van der Waals surface area contributed by atoms with Gasteiger partial charge in [-0.25, -0.2) is 0 Å². The molecular weight excluding hydrogens is 408 g/mol. The Morgan fingerprint density at radius 3 is 2.67 bits per heavy atom. The third-order valence-electron chi connectivity index (χ3n) is 4.91. The van der Waals surface area contributed by atoms with Crippen LogP contribution in [0, 0.1) is 0 Å². The number of halogens is 1. The summed E-state index contributed by atoms with van der Waals surface area (Å²) in [5, 5.41) is 13.5. The summed E-state index contributed by atoms with van der Waals surface area (Å²) in [6, 6.07) is 7.06. The molecule has 0 spiro atoms. The first-order valence-corrected chi connectivity index (χ1v) is 10.2. The molecule has 1 unspecified atom stereocenters. The second kappa shape index (κ2) is 9.36. The molecule has 0 saturated carbocycles. The molecular formula is C22H25ClN2O5. The Bertz CT molecular complexity index is 952. The van der Waals surface area contributed by atoms with Crippen LogP contribution < -0.4 is 14.7 Å². The van der Waals surface area contributed by atoms with Crippen LogP contribution in [0.1, 0.15) is 30.7 Å². The van der Waals surface area contributed by atoms with Crippen molar-refractivity contribution in [3.8, 4) is 5.75 Å². The lowest BCUT2D eigenvalue weighted by atomic mass is 9.99. The van der Waals surface area contributed by atoms with E-state index in [2.05, 4.69) is 0 Å². The highest BCUT2D eigenvalue weighted by molar-refractivity contribution is 6.46. The van der Waals surface area contributed by atoms with Gasteiger partial charge in [-0.3, -0.25) is 9.59 Å². The summed E-state index contributed by atoms with van der Waals surface area (Å²) in [5.74, 6) is -1.20. The number of hydrogen-bond donors (Lipinski definition) is 1. The highest BCUT2D eigenvalue weighted by atomic mass is 35.5. The van der Waals surface area contributed by atoms with E-state index in [0.717, 1.165) is 6.54 Å². The lowest BCUT2D eigenvalue weighted by Crippen LogP contribution is -3.05. The number of furan rings is 1. The number of Topliss-reactive ketones (excluding diaryl/α,β-unsaturated/α-hetero) is 1. The van der Waals surface area contributed by atoms with E-state index in [1.165, 1.54) is 22.1 Å². The van der Waals surface area contributed by atoms with Gasteiger partial charge in [0.1, 0.15) is 17.6 Å². The van der Waals surface area contributed by atoms with E-state index in [9.17, 15) is 14.7 Å². The minimum absolute atomic E-state index is 0.118. The maximum absolute atomic E-state index is 13.3. The van der Waals surface area contributed by atoms with Gasteiger partial charge in [0.2, 0.25) is 5.78 Å². The smallest absolute Gasteiger partial charge is 0.295 e. The van der Waals surface area contributed by atoms with Gasteiger partial charge in [0.05, 0.1) is 38.5 Å². The molecule has 2 aromatic rings. The highest BCUT2D eigenvalue weighted by Crippen LogP contribution is 2.39. The first kappa shape index (κ1) is 21.9. The number of nitrogens with one attached hydrogen (secondary N) is 1. The number of likely N-dealkylation sites (tertiary alicyclic amines) is 1. The maximum atomic E-state index is 13.3. The third-order valence-corrected chi connectivity index (χ3v) is 5.21. The van der Waals surface area contributed by atoms with Gasteiger partial charge in [0, 0.05) is 18.5 Å². The number of ketones is 1. The lowest BCUT2D eigenvalue weighted by Gasteiger charge is -2.26. The molecule has 3 rings (SSSR count). The van der Waals surface area contributed by atoms with Crippen LogP contribution in [0.15, 0.2) is 46.6 Å². The summed E-state index contributed by atoms with van der Waals surface area (Å²) in [5.41, 5.74) is 0.100. The van der Waals surface area contributed by atoms with E-state index < -0.39 is 23.5 Å². The third kappa shape index (κ3) is 4.37. The van der Waals surface area contributed by atoms with Crippen molar-refractivity contribution in [1.82, 2.24) is 4.90 Å². The largest absolute Gasteiger partial charge is 0.872 e. The van der Waals surface area contributed by atoms with Gasteiger partial charge in [-0.1, -0.05) is 23.4 Å². The summed E-state index contributed by atoms with van der Waals surface area (Å²) >= 11 is 6.22. The molecule has 1 aromatic carbocycles. The Labute approximate surface area is 180 Å². The molecule has 1 N–H and O–H groups in total. The number of hydrogen-bond acceptors (Lipinski definition) is 5. The molecule has 1 aliphatic heterocycles. The van der Waals surface area contributed by atoms with Gasteiger partial charge in [-0.05, 0) is 36.8 Å². The molecule has 0 aliphatic carbocycles. The van der Waals surface area contributed by atoms with E-state index in [0.29, 0.717) is 31.1 Å². The van der Waals surface area contributed by atoms with E-state index in [1.54, 1.807) is 24.3 Å². The molecule has 1 aromatic heterocycles. The van der Waals surface area contributed by atoms with E-state index in [1.807, 2.05) is 21.0 Å². The second-order valence-corrected chi connectivity index (χ2v) is 7.78. The van der Waals surface area contributed by atoms with Crippen LogP contribution in [0.25, 0.3) is 5.76 Å². The van der Waals surface area contributed by atoms with Crippen LogP contribution in [-0.2, 0) is 9.59 Å². The van der Waals surface area contributed by atoms with Crippen LogP contribution in [-0.4, -0.2) is 50.4 Å². The molecule has 30 heavy (non-hydrogen) atoms. The normalized spacial score (nSPS) is 18.4. The number of carbonyl (C=O) groups is 2. The van der Waals surface area contributed by atoms with Crippen molar-refractivity contribution in [3.05, 3.63) is 58.5 Å². The Morgan fingerprint density at radius 2 is 2.07 bits per heavy atom. The van der Waals surface area contributed by atoms with E-state index >= 15 is 0 Å². The van der Waals surface area contributed by atoms with Gasteiger partial charge in [0.15, 0.2) is 0 Å². The molecule has 1 atom stereocenters. The predicted octanol–water partition coefficient (Wildman–Crippen LogP) is 1.09. The standard InChI is InChI=1S/C22H25ClN2O5/c1-4-29-16-9-8-14(13-15(16)23)20(26)18-19(17-7-5-12-30-17)25(22(28)21(18)27)11-6-10-24(2)3/h5,7-9,12-13,19,26H,4,6,10-11H2,1-3H3/b20-18+. The highest BCUT2D eigenvalue weighted by Gasteiger charge is 2.45. The van der Waals surface area contributed by atoms with Gasteiger partial charge in [-0.15, -0.1) is 0 Å². The fourth-order valence-electron chi connectivity index (χ4n) is 3.52. The molecule has 7 nitrogen and oxygen atoms in total. The average molecular weight is 433 g/mol. The first-order valence-electron chi connectivity index (χ1n) is 9.86. The zero-order chi connectivity index (χ0) is 21.8. The number of carbonyl (C=O) groups excluding carboxylic acids is 2. The maximum Gasteiger partial charge on any atom is 0.295 e. The summed E-state index contributed by atoms with van der Waals surface area (Å²) < 4.78 is 10.9. The average Bonchev–Trinajstić information content (AvgIpc) is 3.31. The molecule has 1 aliphatic rings. The Morgan fingerprint density at radius 1 is 1.30 bits per heavy atom. The van der Waals surface area contributed by atoms with E-state index in [4.69, 9.17) is 20.8 Å². The fraction of sp³-hybridized carbons (Fsp3) is 0.364. The van der Waals surface area contributed by atoms with Crippen molar-refractivity contribution in [2.45, 2.75) is 19.4 Å². The first-order chi connectivity index (χ1) is 14.3. The van der Waals surface area contributed by atoms with Crippen LogP contribution in [0.3, 0.4) is 0 Å². The summed E-state index contributed by atoms with van der Waals surface area (Å²) in [6.45, 7) is 3.43. The molecule has 8 heteroatoms. The quantitative estimate of drug-likeness (QED) is 0.383. The van der Waals surface area contributed by atoms with Crippen molar-refractivity contribution in [2.24, 2.45) is 0 Å². The lowest BCUT2D eigenvalue weighted by molar-refractivity contribution is -0.858. The molecule has 0 bridgehead atoms. The molecule has 160 valence electrons. The summed E-state index contributed by atoms with van der Waals surface area (Å²) in [7, 11) is 4.02. The van der Waals surface area contributed by atoms with Crippen molar-refractivity contribution in [3.63, 3.8) is 0 Å². The van der Waals surface area contributed by atoms with Crippen molar-refractivity contribution < 1.29 is 28.7 Å².